The lowest BCUT2D eigenvalue weighted by atomic mass is 10.1. The van der Waals surface area contributed by atoms with Crippen LogP contribution in [-0.2, 0) is 11.5 Å². The Morgan fingerprint density at radius 1 is 1.28 bits per heavy atom. The Labute approximate surface area is 181 Å². The highest BCUT2D eigenvalue weighted by Gasteiger charge is 2.23. The normalized spacial score (nSPS) is 11.8. The highest BCUT2D eigenvalue weighted by Crippen LogP contribution is 2.37. The quantitative estimate of drug-likeness (QED) is 0.362. The number of primary amides is 1. The van der Waals surface area contributed by atoms with Gasteiger partial charge in [0.2, 0.25) is 0 Å². The summed E-state index contributed by atoms with van der Waals surface area (Å²) in [5, 5.41) is 7.77. The molecule has 0 atom stereocenters. The number of aromatic nitrogens is 3. The Morgan fingerprint density at radius 2 is 2.03 bits per heavy atom. The summed E-state index contributed by atoms with van der Waals surface area (Å²) >= 11 is 12.5. The number of rotatable bonds is 8. The van der Waals surface area contributed by atoms with E-state index in [4.69, 9.17) is 33.7 Å². The topological polar surface area (TPSA) is 85.9 Å². The Morgan fingerprint density at radius 3 is 2.62 bits per heavy atom. The number of nitrogens with two attached hydrogens (primary N) is 1. The Balaban J connectivity index is 2.10. The second-order valence-corrected chi connectivity index (χ2v) is 14.5. The number of H-pyrrole nitrogens is 1. The largest absolute Gasteiger partial charge is 0.366 e. The van der Waals surface area contributed by atoms with Crippen LogP contribution in [0.3, 0.4) is 0 Å². The van der Waals surface area contributed by atoms with Crippen LogP contribution in [0.25, 0.3) is 22.5 Å². The number of aromatic amines is 1. The van der Waals surface area contributed by atoms with Gasteiger partial charge in [-0.15, -0.1) is 0 Å². The molecule has 0 radical (unpaired) electrons. The van der Waals surface area contributed by atoms with Crippen molar-refractivity contribution in [2.45, 2.75) is 32.4 Å². The molecule has 6 nitrogen and oxygen atoms in total. The molecule has 154 valence electrons. The Bertz CT molecular complexity index is 1010. The lowest BCUT2D eigenvalue weighted by Gasteiger charge is -2.18. The smallest absolute Gasteiger partial charge is 0.250 e. The van der Waals surface area contributed by atoms with E-state index in [1.165, 1.54) is 0 Å². The Kier molecular flexibility index (Phi) is 6.53. The van der Waals surface area contributed by atoms with E-state index in [2.05, 4.69) is 29.8 Å². The van der Waals surface area contributed by atoms with Gasteiger partial charge in [0.25, 0.3) is 5.91 Å². The SMILES string of the molecule is C[Si](C)(C)CCOCn1c(-c2cn[nH]c2)cc(C(N)=O)c1-c1ccc(Cl)cc1Cl. The minimum Gasteiger partial charge on any atom is -0.366 e. The fourth-order valence-electron chi connectivity index (χ4n) is 3.01. The van der Waals surface area contributed by atoms with Gasteiger partial charge < -0.3 is 15.0 Å². The maximum absolute atomic E-state index is 12.3. The van der Waals surface area contributed by atoms with E-state index in [0.717, 1.165) is 17.3 Å². The molecule has 2 heterocycles. The van der Waals surface area contributed by atoms with Gasteiger partial charge in [0.05, 0.1) is 28.2 Å². The van der Waals surface area contributed by atoms with Gasteiger partial charge in [-0.1, -0.05) is 42.8 Å². The molecule has 0 aliphatic carbocycles. The molecule has 0 bridgehead atoms. The van der Waals surface area contributed by atoms with Crippen LogP contribution in [0.4, 0.5) is 0 Å². The summed E-state index contributed by atoms with van der Waals surface area (Å²) in [4.78, 5) is 12.3. The van der Waals surface area contributed by atoms with Crippen LogP contribution in [0.2, 0.25) is 35.7 Å². The zero-order valence-electron chi connectivity index (χ0n) is 16.6. The average Bonchev–Trinajstić information content (AvgIpc) is 3.25. The van der Waals surface area contributed by atoms with Crippen LogP contribution in [0.1, 0.15) is 10.4 Å². The van der Waals surface area contributed by atoms with Gasteiger partial charge in [-0.3, -0.25) is 9.89 Å². The summed E-state index contributed by atoms with van der Waals surface area (Å²) in [6.45, 7) is 7.79. The second kappa shape index (κ2) is 8.75. The third-order valence-electron chi connectivity index (χ3n) is 4.56. The molecule has 0 spiro atoms. The highest BCUT2D eigenvalue weighted by molar-refractivity contribution is 6.76. The molecule has 0 saturated carbocycles. The van der Waals surface area contributed by atoms with E-state index in [-0.39, 0.29) is 6.73 Å². The molecular formula is C20H24Cl2N4O2Si. The minimum atomic E-state index is -1.23. The number of nitrogens with one attached hydrogen (secondary N) is 1. The summed E-state index contributed by atoms with van der Waals surface area (Å²) in [5.41, 5.74) is 8.90. The van der Waals surface area contributed by atoms with Crippen molar-refractivity contribution in [2.24, 2.45) is 5.73 Å². The average molecular weight is 451 g/mol. The summed E-state index contributed by atoms with van der Waals surface area (Å²) in [6.07, 6.45) is 3.44. The third-order valence-corrected chi connectivity index (χ3v) is 6.81. The molecule has 0 saturated heterocycles. The number of hydrogen-bond donors (Lipinski definition) is 2. The highest BCUT2D eigenvalue weighted by atomic mass is 35.5. The first kappa shape index (κ1) is 21.6. The molecule has 1 amide bonds. The lowest BCUT2D eigenvalue weighted by Crippen LogP contribution is -2.22. The molecule has 0 unspecified atom stereocenters. The molecule has 3 N–H and O–H groups in total. The van der Waals surface area contributed by atoms with E-state index in [0.29, 0.717) is 33.5 Å². The summed E-state index contributed by atoms with van der Waals surface area (Å²) in [7, 11) is -1.23. The van der Waals surface area contributed by atoms with Gasteiger partial charge in [-0.2, -0.15) is 5.10 Å². The zero-order chi connectivity index (χ0) is 21.2. The molecule has 0 fully saturated rings. The fourth-order valence-corrected chi connectivity index (χ4v) is 4.26. The van der Waals surface area contributed by atoms with Crippen LogP contribution < -0.4 is 5.73 Å². The number of ether oxygens (including phenoxy) is 1. The van der Waals surface area contributed by atoms with E-state index < -0.39 is 14.0 Å². The molecule has 29 heavy (non-hydrogen) atoms. The van der Waals surface area contributed by atoms with Crippen LogP contribution in [-0.4, -0.2) is 35.4 Å². The van der Waals surface area contributed by atoms with Gasteiger partial charge in [0.1, 0.15) is 6.73 Å². The molecule has 2 aromatic heterocycles. The van der Waals surface area contributed by atoms with Gasteiger partial charge in [0.15, 0.2) is 0 Å². The minimum absolute atomic E-state index is 0.257. The second-order valence-electron chi connectivity index (χ2n) is 8.04. The molecule has 3 rings (SSSR count). The van der Waals surface area contributed by atoms with E-state index in [1.54, 1.807) is 36.7 Å². The van der Waals surface area contributed by atoms with Crippen molar-refractivity contribution in [1.29, 1.82) is 0 Å². The summed E-state index contributed by atoms with van der Waals surface area (Å²) in [6, 6.07) is 7.94. The number of hydrogen-bond acceptors (Lipinski definition) is 3. The first-order valence-corrected chi connectivity index (χ1v) is 13.7. The van der Waals surface area contributed by atoms with Crippen molar-refractivity contribution in [2.75, 3.05) is 6.61 Å². The maximum atomic E-state index is 12.3. The number of carbonyl (C=O) groups is 1. The first-order chi connectivity index (χ1) is 13.7. The van der Waals surface area contributed by atoms with Crippen molar-refractivity contribution in [3.63, 3.8) is 0 Å². The predicted octanol–water partition coefficient (Wildman–Crippen LogP) is 5.26. The number of carbonyl (C=O) groups excluding carboxylic acids is 1. The maximum Gasteiger partial charge on any atom is 0.250 e. The molecule has 3 aromatic rings. The number of nitrogens with zero attached hydrogens (tertiary/aromatic N) is 2. The molecular weight excluding hydrogens is 427 g/mol. The van der Waals surface area contributed by atoms with Crippen LogP contribution in [0.5, 0.6) is 0 Å². The fraction of sp³-hybridized carbons (Fsp3) is 0.300. The van der Waals surface area contributed by atoms with Gasteiger partial charge in [-0.05, 0) is 30.3 Å². The van der Waals surface area contributed by atoms with Crippen molar-refractivity contribution >= 4 is 37.2 Å². The van der Waals surface area contributed by atoms with Crippen molar-refractivity contribution in [1.82, 2.24) is 14.8 Å². The summed E-state index contributed by atoms with van der Waals surface area (Å²) in [5.74, 6) is -0.545. The number of amides is 1. The van der Waals surface area contributed by atoms with Crippen molar-refractivity contribution in [3.05, 3.63) is 52.3 Å². The zero-order valence-corrected chi connectivity index (χ0v) is 19.1. The Hall–Kier alpha value is -2.06. The van der Waals surface area contributed by atoms with E-state index >= 15 is 0 Å². The van der Waals surface area contributed by atoms with Crippen molar-refractivity contribution in [3.8, 4) is 22.5 Å². The third kappa shape index (κ3) is 5.11. The monoisotopic (exact) mass is 450 g/mol. The van der Waals surface area contributed by atoms with Gasteiger partial charge in [0, 0.05) is 37.0 Å². The van der Waals surface area contributed by atoms with Gasteiger partial charge >= 0.3 is 0 Å². The molecule has 9 heteroatoms. The van der Waals surface area contributed by atoms with Crippen LogP contribution >= 0.6 is 23.2 Å². The van der Waals surface area contributed by atoms with Crippen molar-refractivity contribution < 1.29 is 9.53 Å². The molecule has 0 aliphatic heterocycles. The summed E-state index contributed by atoms with van der Waals surface area (Å²) < 4.78 is 7.91. The predicted molar refractivity (Wildman–Crippen MR) is 120 cm³/mol. The van der Waals surface area contributed by atoms with Crippen LogP contribution in [0.15, 0.2) is 36.7 Å². The molecule has 1 aromatic carbocycles. The standard InChI is InChI=1S/C20H24Cl2N4O2Si/c1-29(2,3)7-6-28-12-26-18(13-10-24-25-11-13)9-16(20(23)27)19(26)15-5-4-14(21)8-17(15)22/h4-5,8-11H,6-7,12H2,1-3H3,(H2,23,27)(H,24,25). The molecule has 0 aliphatic rings. The number of benzene rings is 1. The van der Waals surface area contributed by atoms with Gasteiger partial charge in [-0.25, -0.2) is 0 Å². The van der Waals surface area contributed by atoms with E-state index in [1.807, 2.05) is 4.57 Å². The first-order valence-electron chi connectivity index (χ1n) is 9.23. The number of halogens is 2. The van der Waals surface area contributed by atoms with Crippen LogP contribution in [0, 0.1) is 0 Å². The lowest BCUT2D eigenvalue weighted by molar-refractivity contribution is 0.0893. The van der Waals surface area contributed by atoms with E-state index in [9.17, 15) is 4.79 Å².